The first-order valence-electron chi connectivity index (χ1n) is 21.1. The molecule has 7 rings (SSSR count). The van der Waals surface area contributed by atoms with E-state index in [-0.39, 0.29) is 12.0 Å². The lowest BCUT2D eigenvalue weighted by Crippen LogP contribution is -2.48. The van der Waals surface area contributed by atoms with Crippen LogP contribution in [0.15, 0.2) is 188 Å². The molecule has 2 aromatic heterocycles. The molecule has 0 aliphatic rings. The van der Waals surface area contributed by atoms with Crippen molar-refractivity contribution < 1.29 is 52.9 Å². The van der Waals surface area contributed by atoms with Gasteiger partial charge in [-0.1, -0.05) is 127 Å². The van der Waals surface area contributed by atoms with Gasteiger partial charge in [0.25, 0.3) is 0 Å². The van der Waals surface area contributed by atoms with Crippen LogP contribution in [0.3, 0.4) is 0 Å². The maximum Gasteiger partial charge on any atom is 0.414 e. The molecule has 0 saturated heterocycles. The van der Waals surface area contributed by atoms with Gasteiger partial charge in [-0.05, 0) is 92.6 Å². The van der Waals surface area contributed by atoms with Gasteiger partial charge in [-0.2, -0.15) is 0 Å². The second-order valence-electron chi connectivity index (χ2n) is 14.2. The van der Waals surface area contributed by atoms with Crippen LogP contribution in [0.4, 0.5) is 0 Å². The van der Waals surface area contributed by atoms with Crippen LogP contribution in [-0.2, 0) is 10.1 Å². The Hall–Kier alpha value is -7.12. The quantitative estimate of drug-likeness (QED) is 0.0270. The van der Waals surface area contributed by atoms with E-state index >= 15 is 0 Å². The van der Waals surface area contributed by atoms with Crippen molar-refractivity contribution in [3.8, 4) is 11.5 Å². The second-order valence-corrected chi connectivity index (χ2v) is 14.2. The van der Waals surface area contributed by atoms with Crippen molar-refractivity contribution in [3.63, 3.8) is 0 Å². The number of aryl methyl sites for hydroxylation is 2. The summed E-state index contributed by atoms with van der Waals surface area (Å²) in [6.07, 6.45) is 4.70. The van der Waals surface area contributed by atoms with E-state index in [2.05, 4.69) is 36.4 Å². The average Bonchev–Trinajstić information content (AvgIpc) is 3.32. The first kappa shape index (κ1) is 47.9. The minimum atomic E-state index is -2.23. The summed E-state index contributed by atoms with van der Waals surface area (Å²) in [5.41, 5.74) is 5.70. The molecule has 0 aliphatic carbocycles. The molecule has 0 atom stereocenters. The van der Waals surface area contributed by atoms with Gasteiger partial charge in [-0.25, -0.2) is 9.59 Å². The van der Waals surface area contributed by atoms with E-state index < -0.39 is 19.3 Å². The Bertz CT molecular complexity index is 2290. The summed E-state index contributed by atoms with van der Waals surface area (Å²) in [4.78, 5) is 35.0. The molecule has 0 bridgehead atoms. The van der Waals surface area contributed by atoms with Gasteiger partial charge in [0.1, 0.15) is 11.5 Å². The summed E-state index contributed by atoms with van der Waals surface area (Å²) in [7, 11) is -2.23. The summed E-state index contributed by atoms with van der Waals surface area (Å²) < 4.78 is 18.3. The molecule has 0 saturated carbocycles. The molecule has 0 aliphatic heterocycles. The first-order valence-corrected chi connectivity index (χ1v) is 21.1. The van der Waals surface area contributed by atoms with E-state index in [9.17, 15) is 19.6 Å². The summed E-state index contributed by atoms with van der Waals surface area (Å²) in [5, 5.41) is 21.4. The van der Waals surface area contributed by atoms with Crippen LogP contribution in [-0.4, -0.2) is 39.1 Å². The largest absolute Gasteiger partial charge is 0.871 e. The molecule has 0 radical (unpaired) electrons. The highest BCUT2D eigenvalue weighted by atomic mass is 16.7. The Morgan fingerprint density at radius 1 is 0.516 bits per heavy atom. The highest BCUT2D eigenvalue weighted by molar-refractivity contribution is 6.28. The van der Waals surface area contributed by atoms with Gasteiger partial charge < -0.3 is 24.2 Å². The van der Waals surface area contributed by atoms with E-state index in [1.54, 1.807) is 60.9 Å². The maximum atomic E-state index is 12.1. The molecule has 328 valence electrons. The number of aromatic nitrogens is 2. The lowest BCUT2D eigenvalue weighted by Gasteiger charge is -2.37. The van der Waals surface area contributed by atoms with E-state index in [0.29, 0.717) is 42.5 Å². The monoisotopic (exact) mass is 860 g/mol. The standard InChI is InChI=1S/C22H21BO3.2C15H16NO3/c24-23(25)26-18-10-17-22(19-11-4-1-5-12-19,20-13-6-2-7-14-20)21-15-8-3-9-16-21;2*1-3-18-16-11-7-6-9-13(16)15(17)19-14-10-5-4-8-12(14)2/h1-9,11-16H,10,17-18H2;2*4-11H,3H2,1-2H3/q-2;2*+1. The Balaban J connectivity index is 0.000000184. The third-order valence-electron chi connectivity index (χ3n) is 9.95. The van der Waals surface area contributed by atoms with Gasteiger partial charge in [0.05, 0.1) is 7.32 Å². The fraction of sp³-hybridized carbons (Fsp3) is 0.192. The summed E-state index contributed by atoms with van der Waals surface area (Å²) in [6, 6.07) is 56.3. The molecule has 0 amide bonds. The van der Waals surface area contributed by atoms with Gasteiger partial charge in [-0.3, -0.25) is 9.68 Å². The molecular formula is C52H53BN2O9. The van der Waals surface area contributed by atoms with Gasteiger partial charge in [0.15, 0.2) is 13.2 Å². The van der Waals surface area contributed by atoms with E-state index in [1.807, 2.05) is 119 Å². The minimum Gasteiger partial charge on any atom is -0.871 e. The zero-order valence-electron chi connectivity index (χ0n) is 36.6. The number of carbonyl (C=O) groups excluding carboxylic acids is 2. The maximum absolute atomic E-state index is 12.1. The van der Waals surface area contributed by atoms with Crippen LogP contribution in [0.25, 0.3) is 0 Å². The number of nitrogens with zero attached hydrogens (tertiary/aromatic N) is 2. The lowest BCUT2D eigenvalue weighted by atomic mass is 9.67. The molecule has 5 aromatic carbocycles. The molecule has 0 N–H and O–H groups in total. The molecule has 0 fully saturated rings. The van der Waals surface area contributed by atoms with Crippen molar-refractivity contribution in [1.82, 2.24) is 0 Å². The van der Waals surface area contributed by atoms with E-state index in [0.717, 1.165) is 17.5 Å². The van der Waals surface area contributed by atoms with Crippen molar-refractivity contribution in [2.75, 3.05) is 19.8 Å². The van der Waals surface area contributed by atoms with Gasteiger partial charge in [0, 0.05) is 45.7 Å². The van der Waals surface area contributed by atoms with Crippen molar-refractivity contribution >= 4 is 19.3 Å². The van der Waals surface area contributed by atoms with Gasteiger partial charge >= 0.3 is 23.3 Å². The Labute approximate surface area is 375 Å². The van der Waals surface area contributed by atoms with E-state index in [1.165, 1.54) is 26.2 Å². The number of hydrogen-bond donors (Lipinski definition) is 0. The average molecular weight is 861 g/mol. The molecule has 0 unspecified atom stereocenters. The number of rotatable bonds is 16. The predicted octanol–water partition coefficient (Wildman–Crippen LogP) is 6.42. The van der Waals surface area contributed by atoms with E-state index in [4.69, 9.17) is 23.8 Å². The fourth-order valence-electron chi connectivity index (χ4n) is 6.94. The number of carbonyl (C=O) groups is 2. The third kappa shape index (κ3) is 13.4. The highest BCUT2D eigenvalue weighted by Crippen LogP contribution is 2.43. The molecule has 64 heavy (non-hydrogen) atoms. The zero-order chi connectivity index (χ0) is 45.6. The van der Waals surface area contributed by atoms with Gasteiger partial charge in [0.2, 0.25) is 12.4 Å². The van der Waals surface area contributed by atoms with Crippen molar-refractivity contribution in [2.45, 2.75) is 46.0 Å². The number of hydrogen-bond acceptors (Lipinski definition) is 9. The highest BCUT2D eigenvalue weighted by Gasteiger charge is 2.35. The smallest absolute Gasteiger partial charge is 0.414 e. The normalized spacial score (nSPS) is 10.5. The van der Waals surface area contributed by atoms with Crippen LogP contribution < -0.4 is 38.7 Å². The van der Waals surface area contributed by atoms with Crippen LogP contribution in [0.2, 0.25) is 0 Å². The van der Waals surface area contributed by atoms with Crippen LogP contribution in [0, 0.1) is 13.8 Å². The summed E-state index contributed by atoms with van der Waals surface area (Å²) in [6.45, 7) is 8.60. The number of benzene rings is 5. The third-order valence-corrected chi connectivity index (χ3v) is 9.95. The predicted molar refractivity (Wildman–Crippen MR) is 240 cm³/mol. The Morgan fingerprint density at radius 3 is 1.23 bits per heavy atom. The molecule has 2 heterocycles. The van der Waals surface area contributed by atoms with Crippen LogP contribution >= 0.6 is 0 Å². The SMILES string of the molecule is CCO[n+]1ccccc1C(=O)Oc1ccccc1C.CCO[n+]1ccccc1C(=O)Oc1ccccc1C.[O-]B([O-])OCCCC(c1ccccc1)(c1ccccc1)c1ccccc1. The molecule has 7 aromatic rings. The number of esters is 2. The lowest BCUT2D eigenvalue weighted by molar-refractivity contribution is -0.892. The molecule has 11 nitrogen and oxygen atoms in total. The number of ether oxygens (including phenoxy) is 2. The molecule has 0 spiro atoms. The summed E-state index contributed by atoms with van der Waals surface area (Å²) in [5.74, 6) is 0.227. The van der Waals surface area contributed by atoms with Crippen molar-refractivity contribution in [3.05, 3.63) is 228 Å². The van der Waals surface area contributed by atoms with Crippen LogP contribution in [0.1, 0.15) is 75.5 Å². The van der Waals surface area contributed by atoms with Gasteiger partial charge in [-0.15, -0.1) is 0 Å². The Morgan fingerprint density at radius 2 is 0.875 bits per heavy atom. The van der Waals surface area contributed by atoms with Crippen molar-refractivity contribution in [2.24, 2.45) is 0 Å². The zero-order valence-corrected chi connectivity index (χ0v) is 36.6. The summed E-state index contributed by atoms with van der Waals surface area (Å²) >= 11 is 0. The second kappa shape index (κ2) is 25.1. The topological polar surface area (TPSA) is 134 Å². The number of pyridine rings is 2. The minimum absolute atomic E-state index is 0.159. The van der Waals surface area contributed by atoms with Crippen LogP contribution in [0.5, 0.6) is 11.5 Å². The van der Waals surface area contributed by atoms with Crippen molar-refractivity contribution in [1.29, 1.82) is 0 Å². The number of para-hydroxylation sites is 2. The first-order chi connectivity index (χ1) is 31.2. The fourth-order valence-corrected chi connectivity index (χ4v) is 6.94. The molecule has 12 heteroatoms. The molecular weight excluding hydrogens is 807 g/mol. The Kier molecular flexibility index (Phi) is 18.8.